The summed E-state index contributed by atoms with van der Waals surface area (Å²) in [5.41, 5.74) is 1.32. The minimum absolute atomic E-state index is 0.0503. The smallest absolute Gasteiger partial charge is 0.326 e. The Balaban J connectivity index is 2.72. The molecule has 7 heteroatoms. The SMILES string of the molecule is CCS(=O)(=O)CCC(NC(=O)c1ccc(C)cc1)C(=O)O. The van der Waals surface area contributed by atoms with E-state index >= 15 is 0 Å². The molecule has 0 saturated carbocycles. The summed E-state index contributed by atoms with van der Waals surface area (Å²) >= 11 is 0. The lowest BCUT2D eigenvalue weighted by Gasteiger charge is -2.14. The highest BCUT2D eigenvalue weighted by atomic mass is 32.2. The van der Waals surface area contributed by atoms with Gasteiger partial charge in [-0.15, -0.1) is 0 Å². The van der Waals surface area contributed by atoms with Crippen molar-refractivity contribution < 1.29 is 23.1 Å². The monoisotopic (exact) mass is 313 g/mol. The van der Waals surface area contributed by atoms with Gasteiger partial charge in [0.25, 0.3) is 5.91 Å². The van der Waals surface area contributed by atoms with Crippen molar-refractivity contribution in [3.05, 3.63) is 35.4 Å². The minimum Gasteiger partial charge on any atom is -0.480 e. The van der Waals surface area contributed by atoms with Crippen LogP contribution in [0.15, 0.2) is 24.3 Å². The van der Waals surface area contributed by atoms with Gasteiger partial charge in [-0.1, -0.05) is 24.6 Å². The van der Waals surface area contributed by atoms with Crippen molar-refractivity contribution in [2.75, 3.05) is 11.5 Å². The van der Waals surface area contributed by atoms with E-state index in [2.05, 4.69) is 5.32 Å². The molecule has 0 aliphatic heterocycles. The van der Waals surface area contributed by atoms with Crippen LogP contribution in [0.25, 0.3) is 0 Å². The molecule has 0 aliphatic rings. The van der Waals surface area contributed by atoms with Gasteiger partial charge in [0.05, 0.1) is 5.75 Å². The van der Waals surface area contributed by atoms with Crippen LogP contribution in [-0.4, -0.2) is 42.9 Å². The second kappa shape index (κ2) is 7.21. The normalized spacial score (nSPS) is 12.7. The first-order valence-corrected chi connectivity index (χ1v) is 8.38. The summed E-state index contributed by atoms with van der Waals surface area (Å²) in [5, 5.41) is 11.4. The van der Waals surface area contributed by atoms with Crippen LogP contribution in [0.1, 0.15) is 29.3 Å². The lowest BCUT2D eigenvalue weighted by atomic mass is 10.1. The summed E-state index contributed by atoms with van der Waals surface area (Å²) in [6.45, 7) is 3.37. The predicted molar refractivity (Wildman–Crippen MR) is 79.0 cm³/mol. The number of aliphatic carboxylic acids is 1. The fourth-order valence-electron chi connectivity index (χ4n) is 1.65. The first-order valence-electron chi connectivity index (χ1n) is 6.56. The predicted octanol–water partition coefficient (Wildman–Crippen LogP) is 1.00. The van der Waals surface area contributed by atoms with E-state index in [-0.39, 0.29) is 17.9 Å². The number of sulfone groups is 1. The number of rotatable bonds is 7. The van der Waals surface area contributed by atoms with Crippen LogP contribution in [0.3, 0.4) is 0 Å². The van der Waals surface area contributed by atoms with E-state index in [1.54, 1.807) is 24.3 Å². The van der Waals surface area contributed by atoms with Crippen LogP contribution in [0.4, 0.5) is 0 Å². The van der Waals surface area contributed by atoms with Crippen molar-refractivity contribution >= 4 is 21.7 Å². The molecule has 21 heavy (non-hydrogen) atoms. The molecule has 6 nitrogen and oxygen atoms in total. The van der Waals surface area contributed by atoms with Gasteiger partial charge in [0, 0.05) is 11.3 Å². The highest BCUT2D eigenvalue weighted by Gasteiger charge is 2.22. The van der Waals surface area contributed by atoms with Gasteiger partial charge in [-0.3, -0.25) is 4.79 Å². The van der Waals surface area contributed by atoms with Gasteiger partial charge in [-0.25, -0.2) is 13.2 Å². The second-order valence-electron chi connectivity index (χ2n) is 4.76. The number of benzene rings is 1. The Morgan fingerprint density at radius 1 is 1.24 bits per heavy atom. The molecule has 1 unspecified atom stereocenters. The standard InChI is InChI=1S/C14H19NO5S/c1-3-21(19,20)9-8-12(14(17)18)15-13(16)11-6-4-10(2)5-7-11/h4-7,12H,3,8-9H2,1-2H3,(H,15,16)(H,17,18). The van der Waals surface area contributed by atoms with Crippen molar-refractivity contribution in [2.24, 2.45) is 0 Å². The van der Waals surface area contributed by atoms with E-state index in [0.29, 0.717) is 5.56 Å². The number of carbonyl (C=O) groups excluding carboxylic acids is 1. The van der Waals surface area contributed by atoms with Crippen molar-refractivity contribution in [3.8, 4) is 0 Å². The number of amides is 1. The summed E-state index contributed by atoms with van der Waals surface area (Å²) in [6.07, 6.45) is -0.150. The Morgan fingerprint density at radius 2 is 1.81 bits per heavy atom. The lowest BCUT2D eigenvalue weighted by Crippen LogP contribution is -2.42. The first-order chi connectivity index (χ1) is 9.75. The molecule has 0 aromatic heterocycles. The summed E-state index contributed by atoms with van der Waals surface area (Å²) in [5.74, 6) is -2.10. The third kappa shape index (κ3) is 5.55. The molecule has 1 amide bonds. The fraction of sp³-hybridized carbons (Fsp3) is 0.429. The third-order valence-electron chi connectivity index (χ3n) is 3.07. The van der Waals surface area contributed by atoms with Crippen LogP contribution in [0.5, 0.6) is 0 Å². The van der Waals surface area contributed by atoms with Crippen molar-refractivity contribution in [1.29, 1.82) is 0 Å². The van der Waals surface area contributed by atoms with Crippen molar-refractivity contribution in [1.82, 2.24) is 5.32 Å². The van der Waals surface area contributed by atoms with E-state index in [9.17, 15) is 18.0 Å². The maximum atomic E-state index is 11.9. The second-order valence-corrected chi connectivity index (χ2v) is 7.23. The Kier molecular flexibility index (Phi) is 5.90. The molecule has 0 saturated heterocycles. The van der Waals surface area contributed by atoms with Gasteiger partial charge in [-0.2, -0.15) is 0 Å². The molecule has 1 rings (SSSR count). The van der Waals surface area contributed by atoms with E-state index in [4.69, 9.17) is 5.11 Å². The molecular weight excluding hydrogens is 294 g/mol. The molecule has 116 valence electrons. The summed E-state index contributed by atoms with van der Waals surface area (Å²) in [6, 6.07) is 5.44. The molecule has 0 radical (unpaired) electrons. The molecule has 0 fully saturated rings. The Hall–Kier alpha value is -1.89. The number of carboxylic acid groups (broad SMARTS) is 1. The number of hydrogen-bond donors (Lipinski definition) is 2. The highest BCUT2D eigenvalue weighted by Crippen LogP contribution is 2.05. The van der Waals surface area contributed by atoms with Gasteiger partial charge in [0.1, 0.15) is 15.9 Å². The summed E-state index contributed by atoms with van der Waals surface area (Å²) in [7, 11) is -3.27. The quantitative estimate of drug-likeness (QED) is 0.782. The molecule has 1 aromatic carbocycles. The number of hydrogen-bond acceptors (Lipinski definition) is 4. The van der Waals surface area contributed by atoms with E-state index in [1.807, 2.05) is 6.92 Å². The van der Waals surface area contributed by atoms with E-state index in [1.165, 1.54) is 6.92 Å². The molecule has 1 atom stereocenters. The van der Waals surface area contributed by atoms with Crippen LogP contribution < -0.4 is 5.32 Å². The van der Waals surface area contributed by atoms with Gasteiger partial charge in [-0.05, 0) is 25.5 Å². The Morgan fingerprint density at radius 3 is 2.29 bits per heavy atom. The maximum absolute atomic E-state index is 11.9. The first kappa shape index (κ1) is 17.2. The zero-order valence-corrected chi connectivity index (χ0v) is 12.8. The van der Waals surface area contributed by atoms with Gasteiger partial charge in [0.15, 0.2) is 0 Å². The van der Waals surface area contributed by atoms with Crippen LogP contribution in [0.2, 0.25) is 0 Å². The molecule has 2 N–H and O–H groups in total. The molecule has 0 spiro atoms. The average molecular weight is 313 g/mol. The molecule has 0 bridgehead atoms. The molecule has 1 aromatic rings. The van der Waals surface area contributed by atoms with E-state index in [0.717, 1.165) is 5.56 Å². The van der Waals surface area contributed by atoms with Gasteiger partial charge < -0.3 is 10.4 Å². The molecule has 0 aliphatic carbocycles. The van der Waals surface area contributed by atoms with Gasteiger partial charge in [0.2, 0.25) is 0 Å². The topological polar surface area (TPSA) is 101 Å². The highest BCUT2D eigenvalue weighted by molar-refractivity contribution is 7.91. The number of nitrogens with one attached hydrogen (secondary N) is 1. The lowest BCUT2D eigenvalue weighted by molar-refractivity contribution is -0.139. The number of carboxylic acids is 1. The zero-order valence-electron chi connectivity index (χ0n) is 12.0. The molecular formula is C14H19NO5S. The Labute approximate surface area is 124 Å². The fourth-order valence-corrected chi connectivity index (χ4v) is 2.53. The average Bonchev–Trinajstić information content (AvgIpc) is 2.43. The van der Waals surface area contributed by atoms with Crippen LogP contribution in [-0.2, 0) is 14.6 Å². The molecule has 0 heterocycles. The van der Waals surface area contributed by atoms with Crippen molar-refractivity contribution in [2.45, 2.75) is 26.3 Å². The summed E-state index contributed by atoms with van der Waals surface area (Å²) < 4.78 is 22.8. The van der Waals surface area contributed by atoms with Crippen LogP contribution >= 0.6 is 0 Å². The summed E-state index contributed by atoms with van der Waals surface area (Å²) in [4.78, 5) is 23.1. The van der Waals surface area contributed by atoms with Crippen molar-refractivity contribution in [3.63, 3.8) is 0 Å². The van der Waals surface area contributed by atoms with Crippen LogP contribution in [0, 0.1) is 6.92 Å². The zero-order chi connectivity index (χ0) is 16.0. The maximum Gasteiger partial charge on any atom is 0.326 e. The van der Waals surface area contributed by atoms with Gasteiger partial charge >= 0.3 is 5.97 Å². The third-order valence-corrected chi connectivity index (χ3v) is 4.81. The Bertz CT molecular complexity index is 607. The number of carbonyl (C=O) groups is 2. The number of aryl methyl sites for hydroxylation is 1. The minimum atomic E-state index is -3.27. The largest absolute Gasteiger partial charge is 0.480 e. The van der Waals surface area contributed by atoms with E-state index < -0.39 is 27.8 Å².